The van der Waals surface area contributed by atoms with Gasteiger partial charge in [-0.2, -0.15) is 0 Å². The Morgan fingerprint density at radius 1 is 1.24 bits per heavy atom. The summed E-state index contributed by atoms with van der Waals surface area (Å²) in [6.07, 6.45) is 1.91. The number of amides is 1. The van der Waals surface area contributed by atoms with Crippen molar-refractivity contribution in [2.24, 2.45) is 0 Å². The molecule has 0 aliphatic carbocycles. The van der Waals surface area contributed by atoms with Crippen LogP contribution in [0.1, 0.15) is 23.4 Å². The maximum absolute atomic E-state index is 13.3. The summed E-state index contributed by atoms with van der Waals surface area (Å²) in [4.78, 5) is 29.7. The molecule has 1 N–H and O–H groups in total. The lowest BCUT2D eigenvalue weighted by Gasteiger charge is -2.11. The third kappa shape index (κ3) is 3.81. The standard InChI is InChI=1S/C20H15F2N3O3S/c1-11(25-16-4-2-3-5-17(16)28-20(25)27)18(26)24-19-23-10-13(29-19)8-12-6-7-14(21)15(22)9-12/h2-7,9-11H,8H2,1H3,(H,23,24,26). The van der Waals surface area contributed by atoms with Gasteiger partial charge in [-0.05, 0) is 36.8 Å². The van der Waals surface area contributed by atoms with E-state index in [0.717, 1.165) is 17.0 Å². The van der Waals surface area contributed by atoms with Gasteiger partial charge in [0, 0.05) is 17.5 Å². The van der Waals surface area contributed by atoms with Gasteiger partial charge in [0.15, 0.2) is 22.3 Å². The first-order chi connectivity index (χ1) is 13.9. The maximum Gasteiger partial charge on any atom is 0.420 e. The third-order valence-electron chi connectivity index (χ3n) is 4.43. The molecule has 2 aromatic heterocycles. The monoisotopic (exact) mass is 415 g/mol. The molecule has 9 heteroatoms. The summed E-state index contributed by atoms with van der Waals surface area (Å²) in [5.41, 5.74) is 1.52. The van der Waals surface area contributed by atoms with Crippen molar-refractivity contribution in [3.63, 3.8) is 0 Å². The summed E-state index contributed by atoms with van der Waals surface area (Å²) in [7, 11) is 0. The van der Waals surface area contributed by atoms with Crippen LogP contribution in [0.4, 0.5) is 13.9 Å². The number of carbonyl (C=O) groups excluding carboxylic acids is 1. The number of rotatable bonds is 5. The summed E-state index contributed by atoms with van der Waals surface area (Å²) in [5.74, 6) is -2.85. The van der Waals surface area contributed by atoms with Gasteiger partial charge >= 0.3 is 5.76 Å². The molecule has 1 unspecified atom stereocenters. The smallest absolute Gasteiger partial charge is 0.408 e. The quantitative estimate of drug-likeness (QED) is 0.532. The van der Waals surface area contributed by atoms with Crippen molar-refractivity contribution in [3.8, 4) is 0 Å². The normalized spacial score (nSPS) is 12.2. The minimum absolute atomic E-state index is 0.347. The Kier molecular flexibility index (Phi) is 4.98. The topological polar surface area (TPSA) is 77.1 Å². The molecular formula is C20H15F2N3O3S. The Bertz CT molecular complexity index is 1260. The SMILES string of the molecule is CC(C(=O)Nc1ncc(Cc2ccc(F)c(F)c2)s1)n1c(=O)oc2ccccc21. The molecule has 4 aromatic rings. The Labute approximate surface area is 167 Å². The highest BCUT2D eigenvalue weighted by Gasteiger charge is 2.22. The number of aromatic nitrogens is 2. The van der Waals surface area contributed by atoms with Crippen LogP contribution in [0.3, 0.4) is 0 Å². The second-order valence-electron chi connectivity index (χ2n) is 6.43. The van der Waals surface area contributed by atoms with Crippen molar-refractivity contribution in [2.75, 3.05) is 5.32 Å². The molecule has 0 aliphatic heterocycles. The number of anilines is 1. The molecule has 2 aromatic carbocycles. The van der Waals surface area contributed by atoms with Crippen LogP contribution in [0.25, 0.3) is 11.1 Å². The van der Waals surface area contributed by atoms with E-state index in [1.165, 1.54) is 22.0 Å². The van der Waals surface area contributed by atoms with Gasteiger partial charge in [-0.1, -0.05) is 18.2 Å². The van der Waals surface area contributed by atoms with E-state index in [9.17, 15) is 18.4 Å². The van der Waals surface area contributed by atoms with Gasteiger partial charge in [0.25, 0.3) is 0 Å². The van der Waals surface area contributed by atoms with Crippen LogP contribution < -0.4 is 11.1 Å². The summed E-state index contributed by atoms with van der Waals surface area (Å²) in [5, 5.41) is 3.03. The van der Waals surface area contributed by atoms with Gasteiger partial charge in [-0.25, -0.2) is 18.6 Å². The van der Waals surface area contributed by atoms with Gasteiger partial charge in [0.2, 0.25) is 5.91 Å². The van der Waals surface area contributed by atoms with Gasteiger partial charge in [-0.15, -0.1) is 11.3 Å². The number of thiazole rings is 1. The lowest BCUT2D eigenvalue weighted by Crippen LogP contribution is -2.29. The zero-order chi connectivity index (χ0) is 20.5. The Morgan fingerprint density at radius 2 is 2.03 bits per heavy atom. The van der Waals surface area contributed by atoms with Crippen LogP contribution >= 0.6 is 11.3 Å². The molecule has 0 radical (unpaired) electrons. The first-order valence-electron chi connectivity index (χ1n) is 8.72. The fraction of sp³-hybridized carbons (Fsp3) is 0.150. The van der Waals surface area contributed by atoms with Crippen LogP contribution in [0.2, 0.25) is 0 Å². The molecule has 0 saturated heterocycles. The molecule has 6 nitrogen and oxygen atoms in total. The van der Waals surface area contributed by atoms with E-state index >= 15 is 0 Å². The predicted molar refractivity (Wildman–Crippen MR) is 105 cm³/mol. The second-order valence-corrected chi connectivity index (χ2v) is 7.54. The number of hydrogen-bond donors (Lipinski definition) is 1. The number of nitrogens with one attached hydrogen (secondary N) is 1. The largest absolute Gasteiger partial charge is 0.420 e. The van der Waals surface area contributed by atoms with Gasteiger partial charge in [0.05, 0.1) is 5.52 Å². The molecule has 29 heavy (non-hydrogen) atoms. The fourth-order valence-corrected chi connectivity index (χ4v) is 3.83. The van der Waals surface area contributed by atoms with Gasteiger partial charge in [-0.3, -0.25) is 9.36 Å². The summed E-state index contributed by atoms with van der Waals surface area (Å²) in [6, 6.07) is 9.74. The Morgan fingerprint density at radius 3 is 2.83 bits per heavy atom. The fourth-order valence-electron chi connectivity index (χ4n) is 2.98. The molecule has 0 aliphatic rings. The molecular weight excluding hydrogens is 400 g/mol. The van der Waals surface area contributed by atoms with E-state index in [2.05, 4.69) is 10.3 Å². The second kappa shape index (κ2) is 7.59. The van der Waals surface area contributed by atoms with Gasteiger partial charge < -0.3 is 9.73 Å². The summed E-state index contributed by atoms with van der Waals surface area (Å²) >= 11 is 1.22. The lowest BCUT2D eigenvalue weighted by atomic mass is 10.1. The van der Waals surface area contributed by atoms with Crippen LogP contribution in [-0.4, -0.2) is 15.5 Å². The number of nitrogens with zero attached hydrogens (tertiary/aromatic N) is 2. The molecule has 2 heterocycles. The van der Waals surface area contributed by atoms with Crippen LogP contribution in [-0.2, 0) is 11.2 Å². The Balaban J connectivity index is 1.49. The molecule has 0 fully saturated rings. The number of fused-ring (bicyclic) bond motifs is 1. The van der Waals surface area contributed by atoms with Crippen molar-refractivity contribution in [2.45, 2.75) is 19.4 Å². The first kappa shape index (κ1) is 19.0. The average molecular weight is 415 g/mol. The maximum atomic E-state index is 13.3. The molecule has 1 atom stereocenters. The van der Waals surface area contributed by atoms with E-state index in [4.69, 9.17) is 4.42 Å². The molecule has 148 valence electrons. The summed E-state index contributed by atoms with van der Waals surface area (Å²) in [6.45, 7) is 1.59. The first-order valence-corrected chi connectivity index (χ1v) is 9.53. The number of carbonyl (C=O) groups is 1. The number of halogens is 2. The van der Waals surface area contributed by atoms with Crippen molar-refractivity contribution in [1.29, 1.82) is 0 Å². The van der Waals surface area contributed by atoms with E-state index in [1.54, 1.807) is 37.4 Å². The van der Waals surface area contributed by atoms with E-state index < -0.39 is 29.3 Å². The third-order valence-corrected chi connectivity index (χ3v) is 5.34. The van der Waals surface area contributed by atoms with Crippen molar-refractivity contribution >= 4 is 33.5 Å². The zero-order valence-corrected chi connectivity index (χ0v) is 16.0. The summed E-state index contributed by atoms with van der Waals surface area (Å²) < 4.78 is 32.8. The number of benzene rings is 2. The van der Waals surface area contributed by atoms with Crippen LogP contribution in [0.5, 0.6) is 0 Å². The average Bonchev–Trinajstić information content (AvgIpc) is 3.27. The Hall–Kier alpha value is -3.33. The van der Waals surface area contributed by atoms with Crippen molar-refractivity contribution in [3.05, 3.63) is 81.3 Å². The van der Waals surface area contributed by atoms with Crippen LogP contribution in [0.15, 0.2) is 57.9 Å². The highest BCUT2D eigenvalue weighted by Crippen LogP contribution is 2.24. The number of hydrogen-bond acceptors (Lipinski definition) is 5. The molecule has 0 saturated carbocycles. The van der Waals surface area contributed by atoms with Gasteiger partial charge in [0.1, 0.15) is 6.04 Å². The minimum atomic E-state index is -0.910. The number of oxazole rings is 1. The highest BCUT2D eigenvalue weighted by molar-refractivity contribution is 7.15. The number of para-hydroxylation sites is 2. The molecule has 4 rings (SSSR count). The minimum Gasteiger partial charge on any atom is -0.408 e. The lowest BCUT2D eigenvalue weighted by molar-refractivity contribution is -0.118. The molecule has 0 spiro atoms. The van der Waals surface area contributed by atoms with Crippen molar-refractivity contribution < 1.29 is 18.0 Å². The van der Waals surface area contributed by atoms with Crippen LogP contribution in [0, 0.1) is 11.6 Å². The zero-order valence-electron chi connectivity index (χ0n) is 15.2. The molecule has 0 bridgehead atoms. The highest BCUT2D eigenvalue weighted by atomic mass is 32.1. The predicted octanol–water partition coefficient (Wildman–Crippen LogP) is 4.12. The van der Waals surface area contributed by atoms with E-state index in [-0.39, 0.29) is 0 Å². The molecule has 1 amide bonds. The van der Waals surface area contributed by atoms with Crippen molar-refractivity contribution in [1.82, 2.24) is 9.55 Å². The van der Waals surface area contributed by atoms with E-state index in [1.807, 2.05) is 0 Å². The van der Waals surface area contributed by atoms with E-state index in [0.29, 0.717) is 28.2 Å².